The largest absolute Gasteiger partial charge is 0.466 e. The van der Waals surface area contributed by atoms with Crippen molar-refractivity contribution < 1.29 is 19.4 Å². The maximum Gasteiger partial charge on any atom is 0.307 e. The van der Waals surface area contributed by atoms with E-state index in [1.165, 1.54) is 11.0 Å². The molecule has 5 nitrogen and oxygen atoms in total. The third kappa shape index (κ3) is 7.81. The fourth-order valence-corrected chi connectivity index (χ4v) is 2.04. The Morgan fingerprint density at radius 3 is 2.57 bits per heavy atom. The van der Waals surface area contributed by atoms with Gasteiger partial charge in [-0.15, -0.1) is 0 Å². The van der Waals surface area contributed by atoms with Crippen molar-refractivity contribution in [2.45, 2.75) is 26.4 Å². The van der Waals surface area contributed by atoms with Crippen molar-refractivity contribution in [3.8, 4) is 0 Å². The Hall–Kier alpha value is -1.85. The van der Waals surface area contributed by atoms with Gasteiger partial charge >= 0.3 is 5.97 Å². The molecular weight excluding hydrogens is 318 g/mol. The first kappa shape index (κ1) is 19.2. The van der Waals surface area contributed by atoms with Gasteiger partial charge in [0.25, 0.3) is 0 Å². The minimum atomic E-state index is -0.676. The number of rotatable bonds is 8. The molecule has 6 heteroatoms. The van der Waals surface area contributed by atoms with Crippen LogP contribution in [0.5, 0.6) is 0 Å². The van der Waals surface area contributed by atoms with Gasteiger partial charge in [-0.3, -0.25) is 9.59 Å². The van der Waals surface area contributed by atoms with Crippen LogP contribution in [0.15, 0.2) is 30.3 Å². The molecule has 0 heterocycles. The Balaban J connectivity index is 2.66. The summed E-state index contributed by atoms with van der Waals surface area (Å²) in [6.45, 7) is 3.98. The Morgan fingerprint density at radius 2 is 2.00 bits per heavy atom. The van der Waals surface area contributed by atoms with Crippen molar-refractivity contribution in [1.29, 1.82) is 0 Å². The lowest BCUT2D eigenvalue weighted by molar-refractivity contribution is -0.144. The van der Waals surface area contributed by atoms with Gasteiger partial charge in [-0.1, -0.05) is 23.7 Å². The van der Waals surface area contributed by atoms with Crippen LogP contribution in [-0.4, -0.2) is 47.7 Å². The highest BCUT2D eigenvalue weighted by molar-refractivity contribution is 6.30. The summed E-state index contributed by atoms with van der Waals surface area (Å²) in [5.41, 5.74) is 0.838. The highest BCUT2D eigenvalue weighted by Crippen LogP contribution is 2.11. The molecule has 1 unspecified atom stereocenters. The number of aliphatic hydroxyl groups excluding tert-OH is 1. The minimum absolute atomic E-state index is 0.0983. The summed E-state index contributed by atoms with van der Waals surface area (Å²) < 4.78 is 4.85. The van der Waals surface area contributed by atoms with Gasteiger partial charge in [0.15, 0.2) is 0 Å². The molecule has 0 aromatic heterocycles. The predicted molar refractivity (Wildman–Crippen MR) is 90.0 cm³/mol. The molecule has 23 heavy (non-hydrogen) atoms. The predicted octanol–water partition coefficient (Wildman–Crippen LogP) is 2.52. The van der Waals surface area contributed by atoms with Crippen LogP contribution in [0.4, 0.5) is 0 Å². The van der Waals surface area contributed by atoms with E-state index >= 15 is 0 Å². The number of benzene rings is 1. The van der Waals surface area contributed by atoms with Gasteiger partial charge in [0, 0.05) is 24.2 Å². The third-order valence-electron chi connectivity index (χ3n) is 2.98. The molecule has 0 fully saturated rings. The summed E-state index contributed by atoms with van der Waals surface area (Å²) in [6, 6.07) is 7.06. The van der Waals surface area contributed by atoms with Crippen molar-refractivity contribution in [2.75, 3.05) is 19.7 Å². The van der Waals surface area contributed by atoms with Crippen LogP contribution in [0.1, 0.15) is 25.8 Å². The first-order chi connectivity index (χ1) is 10.9. The number of hydrogen-bond acceptors (Lipinski definition) is 4. The molecule has 126 valence electrons. The average Bonchev–Trinajstić information content (AvgIpc) is 2.50. The van der Waals surface area contributed by atoms with E-state index in [-0.39, 0.29) is 31.4 Å². The van der Waals surface area contributed by atoms with Gasteiger partial charge < -0.3 is 14.7 Å². The zero-order chi connectivity index (χ0) is 17.2. The second-order valence-corrected chi connectivity index (χ2v) is 5.51. The van der Waals surface area contributed by atoms with E-state index in [1.807, 2.05) is 0 Å². The average molecular weight is 340 g/mol. The zero-order valence-electron chi connectivity index (χ0n) is 13.4. The molecule has 0 aliphatic carbocycles. The normalized spacial score (nSPS) is 12.2. The van der Waals surface area contributed by atoms with Crippen LogP contribution in [0.3, 0.4) is 0 Å². The lowest BCUT2D eigenvalue weighted by atomic mass is 10.2. The van der Waals surface area contributed by atoms with Crippen molar-refractivity contribution in [1.82, 2.24) is 4.90 Å². The molecule has 0 spiro atoms. The van der Waals surface area contributed by atoms with E-state index in [0.717, 1.165) is 5.56 Å². The first-order valence-electron chi connectivity index (χ1n) is 7.48. The van der Waals surface area contributed by atoms with E-state index in [4.69, 9.17) is 16.3 Å². The number of ether oxygens (including phenoxy) is 1. The van der Waals surface area contributed by atoms with Crippen LogP contribution < -0.4 is 0 Å². The first-order valence-corrected chi connectivity index (χ1v) is 7.86. The molecule has 1 amide bonds. The van der Waals surface area contributed by atoms with Gasteiger partial charge in [-0.25, -0.2) is 0 Å². The molecule has 0 bridgehead atoms. The van der Waals surface area contributed by atoms with Crippen LogP contribution in [0.2, 0.25) is 5.02 Å². The minimum Gasteiger partial charge on any atom is -0.466 e. The van der Waals surface area contributed by atoms with E-state index in [9.17, 15) is 14.7 Å². The van der Waals surface area contributed by atoms with Crippen LogP contribution >= 0.6 is 11.6 Å². The fraction of sp³-hybridized carbons (Fsp3) is 0.412. The lowest BCUT2D eigenvalue weighted by Crippen LogP contribution is -2.37. The van der Waals surface area contributed by atoms with Crippen LogP contribution in [-0.2, 0) is 14.3 Å². The number of nitrogens with zero attached hydrogens (tertiary/aromatic N) is 1. The highest BCUT2D eigenvalue weighted by atomic mass is 35.5. The maximum absolute atomic E-state index is 12.2. The van der Waals surface area contributed by atoms with Gasteiger partial charge in [0.1, 0.15) is 0 Å². The number of aliphatic hydroxyl groups is 1. The molecular formula is C17H22ClNO4. The smallest absolute Gasteiger partial charge is 0.307 e. The van der Waals surface area contributed by atoms with Crippen molar-refractivity contribution in [3.05, 3.63) is 40.9 Å². The molecule has 1 atom stereocenters. The summed E-state index contributed by atoms with van der Waals surface area (Å²) in [4.78, 5) is 25.1. The molecule has 1 rings (SSSR count). The lowest BCUT2D eigenvalue weighted by Gasteiger charge is -2.22. The molecule has 0 saturated heterocycles. The van der Waals surface area contributed by atoms with Crippen LogP contribution in [0, 0.1) is 0 Å². The number of carbonyl (C=O) groups is 2. The number of hydrogen-bond donors (Lipinski definition) is 1. The Morgan fingerprint density at radius 1 is 1.35 bits per heavy atom. The van der Waals surface area contributed by atoms with Crippen molar-refractivity contribution in [2.24, 2.45) is 0 Å². The van der Waals surface area contributed by atoms with E-state index < -0.39 is 6.10 Å². The molecule has 1 aromatic rings. The molecule has 0 aliphatic rings. The fourth-order valence-electron chi connectivity index (χ4n) is 1.92. The van der Waals surface area contributed by atoms with Gasteiger partial charge in [0.2, 0.25) is 5.91 Å². The summed E-state index contributed by atoms with van der Waals surface area (Å²) in [6.07, 6.45) is 2.50. The molecule has 0 aliphatic heterocycles. The molecule has 0 saturated carbocycles. The van der Waals surface area contributed by atoms with Gasteiger partial charge in [-0.05, 0) is 37.6 Å². The second-order valence-electron chi connectivity index (χ2n) is 5.07. The SMILES string of the molecule is CCOC(=O)CCN(CC(C)O)C(=O)/C=C/c1ccc(Cl)cc1. The summed E-state index contributed by atoms with van der Waals surface area (Å²) in [5, 5.41) is 10.1. The summed E-state index contributed by atoms with van der Waals surface area (Å²) in [7, 11) is 0. The third-order valence-corrected chi connectivity index (χ3v) is 3.23. The van der Waals surface area contributed by atoms with Gasteiger partial charge in [0.05, 0.1) is 19.1 Å². The second kappa shape index (κ2) is 10.0. The van der Waals surface area contributed by atoms with Gasteiger partial charge in [-0.2, -0.15) is 0 Å². The number of esters is 1. The number of carbonyl (C=O) groups excluding carboxylic acids is 2. The monoisotopic (exact) mass is 339 g/mol. The Kier molecular flexibility index (Phi) is 8.37. The summed E-state index contributed by atoms with van der Waals surface area (Å²) in [5.74, 6) is -0.636. The van der Waals surface area contributed by atoms with E-state index in [1.54, 1.807) is 44.2 Å². The molecule has 1 N–H and O–H groups in total. The highest BCUT2D eigenvalue weighted by Gasteiger charge is 2.15. The summed E-state index contributed by atoms with van der Waals surface area (Å²) >= 11 is 5.81. The topological polar surface area (TPSA) is 66.8 Å². The van der Waals surface area contributed by atoms with Crippen molar-refractivity contribution in [3.63, 3.8) is 0 Å². The van der Waals surface area contributed by atoms with E-state index in [2.05, 4.69) is 0 Å². The maximum atomic E-state index is 12.2. The zero-order valence-corrected chi connectivity index (χ0v) is 14.1. The van der Waals surface area contributed by atoms with E-state index in [0.29, 0.717) is 11.6 Å². The standard InChI is InChI=1S/C17H22ClNO4/c1-3-23-17(22)10-11-19(12-13(2)20)16(21)9-6-14-4-7-15(18)8-5-14/h4-9,13,20H,3,10-12H2,1-2H3/b9-6+. The Bertz CT molecular complexity index is 540. The number of halogens is 1. The Labute approximate surface area is 141 Å². The molecule has 1 aromatic carbocycles. The van der Waals surface area contributed by atoms with Crippen molar-refractivity contribution >= 4 is 29.6 Å². The quantitative estimate of drug-likeness (QED) is 0.583. The number of amides is 1. The molecule has 0 radical (unpaired) electrons. The van der Waals surface area contributed by atoms with Crippen LogP contribution in [0.25, 0.3) is 6.08 Å².